The van der Waals surface area contributed by atoms with E-state index < -0.39 is 5.41 Å². The molecule has 0 aliphatic heterocycles. The lowest BCUT2D eigenvalue weighted by molar-refractivity contribution is 0.769. The fourth-order valence-electron chi connectivity index (χ4n) is 10.4. The van der Waals surface area contributed by atoms with Gasteiger partial charge in [0, 0.05) is 43.1 Å². The van der Waals surface area contributed by atoms with Crippen molar-refractivity contribution in [3.8, 4) is 11.1 Å². The number of hydrogen-bond acceptors (Lipinski definition) is 0. The summed E-state index contributed by atoms with van der Waals surface area (Å²) < 4.78 is 5.10. The predicted octanol–water partition coefficient (Wildman–Crippen LogP) is 12.3. The predicted molar refractivity (Wildman–Crippen MR) is 213 cm³/mol. The summed E-state index contributed by atoms with van der Waals surface area (Å²) in [5.74, 6) is 0. The summed E-state index contributed by atoms with van der Waals surface area (Å²) in [4.78, 5) is 0. The molecule has 0 spiro atoms. The van der Waals surface area contributed by atoms with Crippen LogP contribution in [0.15, 0.2) is 170 Å². The van der Waals surface area contributed by atoms with E-state index in [0.29, 0.717) is 0 Å². The van der Waals surface area contributed by atoms with Crippen molar-refractivity contribution in [2.45, 2.75) is 5.41 Å². The van der Waals surface area contributed by atoms with Crippen LogP contribution in [0.1, 0.15) is 22.3 Å². The van der Waals surface area contributed by atoms with Crippen LogP contribution >= 0.6 is 0 Å². The molecule has 2 heteroatoms. The van der Waals surface area contributed by atoms with E-state index in [0.717, 1.165) is 0 Å². The quantitative estimate of drug-likeness (QED) is 0.177. The van der Waals surface area contributed by atoms with Gasteiger partial charge in [0.2, 0.25) is 0 Å². The first-order valence-electron chi connectivity index (χ1n) is 17.9. The van der Waals surface area contributed by atoms with E-state index >= 15 is 0 Å². The third-order valence-corrected chi connectivity index (χ3v) is 12.2. The minimum Gasteiger partial charge on any atom is -0.308 e. The molecular formula is C49H28N2. The summed E-state index contributed by atoms with van der Waals surface area (Å²) in [5, 5.41) is 10.6. The van der Waals surface area contributed by atoms with Crippen LogP contribution in [0.2, 0.25) is 0 Å². The van der Waals surface area contributed by atoms with E-state index in [9.17, 15) is 0 Å². The zero-order valence-corrected chi connectivity index (χ0v) is 27.6. The number of para-hydroxylation sites is 3. The van der Waals surface area contributed by atoms with E-state index in [2.05, 4.69) is 179 Å². The van der Waals surface area contributed by atoms with Gasteiger partial charge in [-0.25, -0.2) is 0 Å². The Labute approximate surface area is 292 Å². The van der Waals surface area contributed by atoms with Gasteiger partial charge in [0.25, 0.3) is 0 Å². The lowest BCUT2D eigenvalue weighted by atomic mass is 9.67. The van der Waals surface area contributed by atoms with Crippen molar-refractivity contribution >= 4 is 76.2 Å². The normalized spacial score (nSPS) is 14.0. The molecule has 13 rings (SSSR count). The van der Waals surface area contributed by atoms with Gasteiger partial charge in [0.1, 0.15) is 0 Å². The van der Waals surface area contributed by atoms with Crippen LogP contribution in [-0.2, 0) is 5.41 Å². The monoisotopic (exact) mass is 644 g/mol. The van der Waals surface area contributed by atoms with Crippen LogP contribution in [0.3, 0.4) is 0 Å². The van der Waals surface area contributed by atoms with E-state index in [1.54, 1.807) is 0 Å². The fourth-order valence-corrected chi connectivity index (χ4v) is 10.4. The van der Waals surface area contributed by atoms with Crippen molar-refractivity contribution in [2.75, 3.05) is 0 Å². The summed E-state index contributed by atoms with van der Waals surface area (Å²) in [6.45, 7) is 0. The van der Waals surface area contributed by atoms with Crippen molar-refractivity contribution in [3.63, 3.8) is 0 Å². The molecule has 0 bridgehead atoms. The molecule has 0 fully saturated rings. The summed E-state index contributed by atoms with van der Waals surface area (Å²) in [7, 11) is 0. The van der Waals surface area contributed by atoms with E-state index in [1.165, 1.54) is 110 Å². The molecular weight excluding hydrogens is 617 g/mol. The average molecular weight is 645 g/mol. The van der Waals surface area contributed by atoms with Gasteiger partial charge >= 0.3 is 0 Å². The maximum Gasteiger partial charge on any atom is 0.0714 e. The Morgan fingerprint density at radius 1 is 0.314 bits per heavy atom. The topological polar surface area (TPSA) is 8.82 Å². The number of nitrogens with zero attached hydrogens (tertiary/aromatic N) is 2. The Bertz CT molecular complexity index is 3360. The summed E-state index contributed by atoms with van der Waals surface area (Å²) in [5.41, 5.74) is 15.2. The van der Waals surface area contributed by atoms with E-state index in [4.69, 9.17) is 0 Å². The van der Waals surface area contributed by atoms with Gasteiger partial charge < -0.3 is 8.80 Å². The second kappa shape index (κ2) is 8.93. The summed E-state index contributed by atoms with van der Waals surface area (Å²) in [6, 6.07) is 63.7. The first kappa shape index (κ1) is 26.3. The molecule has 0 N–H and O–H groups in total. The van der Waals surface area contributed by atoms with Crippen molar-refractivity contribution in [2.24, 2.45) is 0 Å². The smallest absolute Gasteiger partial charge is 0.0714 e. The summed E-state index contributed by atoms with van der Waals surface area (Å²) in [6.07, 6.45) is 0. The molecule has 0 saturated carbocycles. The maximum absolute atomic E-state index is 2.60. The zero-order valence-electron chi connectivity index (χ0n) is 27.6. The number of benzene rings is 8. The van der Waals surface area contributed by atoms with Crippen LogP contribution in [0.4, 0.5) is 0 Å². The second-order valence-corrected chi connectivity index (χ2v) is 14.4. The highest BCUT2D eigenvalue weighted by Gasteiger charge is 2.46. The lowest BCUT2D eigenvalue weighted by Gasteiger charge is -2.33. The molecule has 4 heterocycles. The first-order valence-corrected chi connectivity index (χ1v) is 17.9. The number of rotatable bonds is 2. The lowest BCUT2D eigenvalue weighted by Crippen LogP contribution is -2.28. The Balaban J connectivity index is 1.27. The molecule has 0 saturated heterocycles. The van der Waals surface area contributed by atoms with Crippen molar-refractivity contribution in [1.29, 1.82) is 0 Å². The standard InChI is InChI=1S/C49H28N2/c1-3-14-29(15-4-1)49(30-16-5-2-6-17-30)39-23-10-7-18-31(39)36-26-37-33-21-13-22-35-45-44(51(47(33)35)43(37)28-40(36)49)27-38-32-19-8-11-24-41(32)50-42-25-12-9-20-34(42)46(45)48(38)50/h1-28H. The van der Waals surface area contributed by atoms with Gasteiger partial charge in [0.15, 0.2) is 0 Å². The molecule has 51 heavy (non-hydrogen) atoms. The number of fused-ring (bicyclic) bond motifs is 16. The van der Waals surface area contributed by atoms with Gasteiger partial charge in [-0.3, -0.25) is 0 Å². The largest absolute Gasteiger partial charge is 0.308 e. The van der Waals surface area contributed by atoms with E-state index in [-0.39, 0.29) is 0 Å². The Morgan fingerprint density at radius 2 is 0.922 bits per heavy atom. The molecule has 0 radical (unpaired) electrons. The molecule has 0 atom stereocenters. The molecule has 1 aliphatic rings. The molecule has 234 valence electrons. The Kier molecular flexibility index (Phi) is 4.60. The van der Waals surface area contributed by atoms with Crippen molar-refractivity contribution in [3.05, 3.63) is 192 Å². The highest BCUT2D eigenvalue weighted by molar-refractivity contribution is 6.38. The average Bonchev–Trinajstić information content (AvgIpc) is 3.97. The molecule has 2 nitrogen and oxygen atoms in total. The SMILES string of the molecule is c1ccc(C2(c3ccccc3)c3ccccc3-c3cc4c5cccc6c7c8c9ccccc9n9c%10ccccc%10c(cc7n(c4cc32)c56)c89)cc1. The molecule has 12 aromatic rings. The van der Waals surface area contributed by atoms with Crippen molar-refractivity contribution < 1.29 is 0 Å². The Hall–Kier alpha value is -6.64. The van der Waals surface area contributed by atoms with Gasteiger partial charge in [-0.05, 0) is 63.7 Å². The molecule has 4 aromatic heterocycles. The highest BCUT2D eigenvalue weighted by atomic mass is 14.9. The molecule has 0 amide bonds. The Morgan fingerprint density at radius 3 is 1.71 bits per heavy atom. The first-order chi connectivity index (χ1) is 25.3. The van der Waals surface area contributed by atoms with Gasteiger partial charge in [-0.15, -0.1) is 0 Å². The van der Waals surface area contributed by atoms with Crippen LogP contribution in [0.25, 0.3) is 87.3 Å². The van der Waals surface area contributed by atoms with E-state index in [1.807, 2.05) is 0 Å². The summed E-state index contributed by atoms with van der Waals surface area (Å²) >= 11 is 0. The third kappa shape index (κ3) is 2.88. The van der Waals surface area contributed by atoms with Crippen LogP contribution in [0.5, 0.6) is 0 Å². The van der Waals surface area contributed by atoms with Crippen LogP contribution < -0.4 is 0 Å². The van der Waals surface area contributed by atoms with Gasteiger partial charge in [-0.1, -0.05) is 140 Å². The minimum absolute atomic E-state index is 0.450. The van der Waals surface area contributed by atoms with Crippen LogP contribution in [0, 0.1) is 0 Å². The molecule has 0 unspecified atom stereocenters. The fraction of sp³-hybridized carbons (Fsp3) is 0.0204. The third-order valence-electron chi connectivity index (χ3n) is 12.2. The zero-order chi connectivity index (χ0) is 33.0. The van der Waals surface area contributed by atoms with Crippen LogP contribution in [-0.4, -0.2) is 8.80 Å². The molecule has 8 aromatic carbocycles. The number of aromatic nitrogens is 2. The van der Waals surface area contributed by atoms with Crippen molar-refractivity contribution in [1.82, 2.24) is 8.80 Å². The second-order valence-electron chi connectivity index (χ2n) is 14.4. The minimum atomic E-state index is -0.450. The highest BCUT2D eigenvalue weighted by Crippen LogP contribution is 2.58. The maximum atomic E-state index is 2.60. The van der Waals surface area contributed by atoms with Gasteiger partial charge in [0.05, 0.1) is 38.5 Å². The number of hydrogen-bond donors (Lipinski definition) is 0. The van der Waals surface area contributed by atoms with Gasteiger partial charge in [-0.2, -0.15) is 0 Å². The molecule has 1 aliphatic carbocycles.